The average Bonchev–Trinajstić information content (AvgIpc) is 2.35. The first kappa shape index (κ1) is 17.7. The number of carbonyl (C=O) groups is 1. The summed E-state index contributed by atoms with van der Waals surface area (Å²) < 4.78 is 6.21. The summed E-state index contributed by atoms with van der Waals surface area (Å²) in [5, 5.41) is 5.98. The van der Waals surface area contributed by atoms with Gasteiger partial charge in [-0.05, 0) is 38.5 Å². The van der Waals surface area contributed by atoms with Gasteiger partial charge in [0.2, 0.25) is 0 Å². The summed E-state index contributed by atoms with van der Waals surface area (Å²) in [6.07, 6.45) is 3.49. The minimum atomic E-state index is -0.459. The van der Waals surface area contributed by atoms with E-state index in [-0.39, 0.29) is 0 Å². The Morgan fingerprint density at radius 3 is 2.67 bits per heavy atom. The highest BCUT2D eigenvalue weighted by molar-refractivity contribution is 9.10. The monoisotopic (exact) mass is 354 g/mol. The van der Waals surface area contributed by atoms with E-state index in [2.05, 4.69) is 38.7 Å². The second-order valence-corrected chi connectivity index (χ2v) is 6.53. The average molecular weight is 355 g/mol. The number of hydrogen-bond donors (Lipinski definition) is 2. The fraction of sp³-hybridized carbons (Fsp3) is 0.438. The third-order valence-corrected chi connectivity index (χ3v) is 2.90. The van der Waals surface area contributed by atoms with Crippen molar-refractivity contribution in [2.24, 2.45) is 0 Å². The lowest BCUT2D eigenvalue weighted by Gasteiger charge is -2.19. The number of alkyl carbamates (subject to hydrolysis) is 1. The van der Waals surface area contributed by atoms with E-state index in [0.29, 0.717) is 6.54 Å². The van der Waals surface area contributed by atoms with E-state index in [1.807, 2.05) is 45.1 Å². The molecule has 0 radical (unpaired) electrons. The first-order chi connectivity index (χ1) is 9.87. The summed E-state index contributed by atoms with van der Waals surface area (Å²) in [6, 6.07) is 8.18. The van der Waals surface area contributed by atoms with Crippen molar-refractivity contribution in [3.63, 3.8) is 0 Å². The van der Waals surface area contributed by atoms with Gasteiger partial charge in [0.05, 0.1) is 0 Å². The third-order valence-electron chi connectivity index (χ3n) is 2.41. The Labute approximate surface area is 135 Å². The zero-order valence-corrected chi connectivity index (χ0v) is 14.4. The normalized spacial score (nSPS) is 11.6. The van der Waals surface area contributed by atoms with Crippen LogP contribution in [0.25, 0.3) is 0 Å². The molecule has 1 rings (SSSR count). The summed E-state index contributed by atoms with van der Waals surface area (Å²) in [5.74, 6) is 0. The van der Waals surface area contributed by atoms with Gasteiger partial charge in [0, 0.05) is 24.1 Å². The van der Waals surface area contributed by atoms with Crippen molar-refractivity contribution in [1.29, 1.82) is 0 Å². The van der Waals surface area contributed by atoms with Crippen molar-refractivity contribution in [3.8, 4) is 0 Å². The molecule has 1 amide bonds. The van der Waals surface area contributed by atoms with Crippen LogP contribution in [0.2, 0.25) is 0 Å². The van der Waals surface area contributed by atoms with Gasteiger partial charge >= 0.3 is 6.09 Å². The molecule has 2 N–H and O–H groups in total. The lowest BCUT2D eigenvalue weighted by molar-refractivity contribution is 0.0534. The van der Waals surface area contributed by atoms with E-state index in [1.165, 1.54) is 5.56 Å². The van der Waals surface area contributed by atoms with Crippen LogP contribution in [0.15, 0.2) is 40.9 Å². The van der Waals surface area contributed by atoms with Crippen LogP contribution < -0.4 is 10.6 Å². The Kier molecular flexibility index (Phi) is 7.47. The van der Waals surface area contributed by atoms with E-state index >= 15 is 0 Å². The largest absolute Gasteiger partial charge is 0.444 e. The number of ether oxygens (including phenoxy) is 1. The Morgan fingerprint density at radius 2 is 2.00 bits per heavy atom. The summed E-state index contributed by atoms with van der Waals surface area (Å²) in [5.41, 5.74) is 0.768. The van der Waals surface area contributed by atoms with Crippen molar-refractivity contribution >= 4 is 22.0 Å². The molecular formula is C16H23BrN2O2. The molecule has 0 heterocycles. The van der Waals surface area contributed by atoms with Crippen LogP contribution in [0.4, 0.5) is 4.79 Å². The number of amides is 1. The van der Waals surface area contributed by atoms with Crippen molar-refractivity contribution in [2.75, 3.05) is 13.1 Å². The van der Waals surface area contributed by atoms with Gasteiger partial charge < -0.3 is 15.4 Å². The van der Waals surface area contributed by atoms with Crippen molar-refractivity contribution in [2.45, 2.75) is 32.9 Å². The highest BCUT2D eigenvalue weighted by atomic mass is 79.9. The maximum atomic E-state index is 11.4. The second kappa shape index (κ2) is 8.85. The van der Waals surface area contributed by atoms with Crippen molar-refractivity contribution in [3.05, 3.63) is 46.5 Å². The Balaban J connectivity index is 2.12. The zero-order chi connectivity index (χ0) is 15.7. The van der Waals surface area contributed by atoms with Crippen LogP contribution in [0.5, 0.6) is 0 Å². The SMILES string of the molecule is CC(C)(C)OC(=O)NC/C=C/CNCc1cccc(Br)c1. The molecule has 1 aromatic rings. The molecule has 4 nitrogen and oxygen atoms in total. The molecule has 0 saturated carbocycles. The van der Waals surface area contributed by atoms with Crippen LogP contribution in [0, 0.1) is 0 Å². The quantitative estimate of drug-likeness (QED) is 0.605. The number of rotatable bonds is 6. The fourth-order valence-electron chi connectivity index (χ4n) is 1.57. The maximum Gasteiger partial charge on any atom is 0.407 e. The molecule has 0 aliphatic rings. The molecular weight excluding hydrogens is 332 g/mol. The first-order valence-corrected chi connectivity index (χ1v) is 7.73. The van der Waals surface area contributed by atoms with Crippen LogP contribution in [0.1, 0.15) is 26.3 Å². The zero-order valence-electron chi connectivity index (χ0n) is 12.8. The molecule has 0 fully saturated rings. The van der Waals surface area contributed by atoms with Crippen molar-refractivity contribution < 1.29 is 9.53 Å². The predicted octanol–water partition coefficient (Wildman–Crippen LogP) is 3.62. The molecule has 21 heavy (non-hydrogen) atoms. The van der Waals surface area contributed by atoms with E-state index in [0.717, 1.165) is 17.6 Å². The molecule has 116 valence electrons. The molecule has 0 bridgehead atoms. The Hall–Kier alpha value is -1.33. The fourth-order valence-corrected chi connectivity index (χ4v) is 2.02. The smallest absolute Gasteiger partial charge is 0.407 e. The van der Waals surface area contributed by atoms with Gasteiger partial charge in [-0.25, -0.2) is 4.79 Å². The van der Waals surface area contributed by atoms with Gasteiger partial charge in [0.25, 0.3) is 0 Å². The topological polar surface area (TPSA) is 50.4 Å². The van der Waals surface area contributed by atoms with Gasteiger partial charge in [0.1, 0.15) is 5.60 Å². The number of halogens is 1. The summed E-state index contributed by atoms with van der Waals surface area (Å²) in [7, 11) is 0. The molecule has 0 atom stereocenters. The van der Waals surface area contributed by atoms with Gasteiger partial charge in [-0.2, -0.15) is 0 Å². The van der Waals surface area contributed by atoms with Crippen LogP contribution in [-0.2, 0) is 11.3 Å². The molecule has 1 aromatic carbocycles. The maximum absolute atomic E-state index is 11.4. The van der Waals surface area contributed by atoms with Crippen molar-refractivity contribution in [1.82, 2.24) is 10.6 Å². The van der Waals surface area contributed by atoms with Crippen LogP contribution in [0.3, 0.4) is 0 Å². The first-order valence-electron chi connectivity index (χ1n) is 6.94. The number of hydrogen-bond acceptors (Lipinski definition) is 3. The number of nitrogens with one attached hydrogen (secondary N) is 2. The molecule has 0 unspecified atom stereocenters. The molecule has 5 heteroatoms. The van der Waals surface area contributed by atoms with E-state index < -0.39 is 11.7 Å². The molecule has 0 aromatic heterocycles. The highest BCUT2D eigenvalue weighted by Crippen LogP contribution is 2.11. The molecule has 0 aliphatic heterocycles. The Bertz CT molecular complexity index is 481. The summed E-state index contributed by atoms with van der Waals surface area (Å²) >= 11 is 3.45. The lowest BCUT2D eigenvalue weighted by Crippen LogP contribution is -2.32. The molecule has 0 aliphatic carbocycles. The predicted molar refractivity (Wildman–Crippen MR) is 89.2 cm³/mol. The van der Waals surface area contributed by atoms with Gasteiger partial charge in [-0.15, -0.1) is 0 Å². The van der Waals surface area contributed by atoms with E-state index in [4.69, 9.17) is 4.74 Å². The number of benzene rings is 1. The van der Waals surface area contributed by atoms with E-state index in [9.17, 15) is 4.79 Å². The lowest BCUT2D eigenvalue weighted by atomic mass is 10.2. The number of carbonyl (C=O) groups excluding carboxylic acids is 1. The molecule has 0 spiro atoms. The van der Waals surface area contributed by atoms with Gasteiger partial charge in [-0.1, -0.05) is 40.2 Å². The summed E-state index contributed by atoms with van der Waals surface area (Å²) in [4.78, 5) is 11.4. The summed E-state index contributed by atoms with van der Waals surface area (Å²) in [6.45, 7) is 7.55. The van der Waals surface area contributed by atoms with Crippen LogP contribution in [-0.4, -0.2) is 24.8 Å². The van der Waals surface area contributed by atoms with Crippen LogP contribution >= 0.6 is 15.9 Å². The highest BCUT2D eigenvalue weighted by Gasteiger charge is 2.14. The second-order valence-electron chi connectivity index (χ2n) is 5.62. The molecule has 0 saturated heterocycles. The van der Waals surface area contributed by atoms with E-state index in [1.54, 1.807) is 0 Å². The third kappa shape index (κ3) is 9.26. The minimum absolute atomic E-state index is 0.394. The standard InChI is InChI=1S/C16H23BrN2O2/c1-16(2,3)21-15(20)19-10-5-4-9-18-12-13-7-6-8-14(17)11-13/h4-8,11,18H,9-10,12H2,1-3H3,(H,19,20)/b5-4+. The van der Waals surface area contributed by atoms with Gasteiger partial charge in [0.15, 0.2) is 0 Å². The minimum Gasteiger partial charge on any atom is -0.444 e. The van der Waals surface area contributed by atoms with Gasteiger partial charge in [-0.3, -0.25) is 0 Å². The Morgan fingerprint density at radius 1 is 1.29 bits per heavy atom.